The first kappa shape index (κ1) is 17.3. The van der Waals surface area contributed by atoms with Gasteiger partial charge in [0.05, 0.1) is 6.10 Å². The lowest BCUT2D eigenvalue weighted by atomic mass is 9.47. The molecule has 1 N–H and O–H groups in total. The van der Waals surface area contributed by atoms with Gasteiger partial charge in [0.1, 0.15) is 11.9 Å². The molecule has 4 heteroatoms. The SMILES string of the molecule is CC(=O)O[C@@H]1C=C2CC(=O)CC[C@]2(C)[C@H]2CC[C@]3(C)[C@@H](O)CC[C@H]3[C@H]12. The number of Topliss-reactive ketones (excluding diaryl/α,β-unsaturated/α-hetero) is 1. The number of ether oxygens (including phenoxy) is 1. The molecule has 0 aromatic carbocycles. The molecule has 0 unspecified atom stereocenters. The lowest BCUT2D eigenvalue weighted by Gasteiger charge is -2.58. The molecule has 3 fully saturated rings. The van der Waals surface area contributed by atoms with E-state index in [0.717, 1.165) is 32.1 Å². The van der Waals surface area contributed by atoms with Crippen molar-refractivity contribution >= 4 is 11.8 Å². The van der Waals surface area contributed by atoms with Crippen molar-refractivity contribution in [1.82, 2.24) is 0 Å². The van der Waals surface area contributed by atoms with E-state index in [1.807, 2.05) is 0 Å². The minimum atomic E-state index is -0.253. The Labute approximate surface area is 150 Å². The molecule has 0 heterocycles. The average molecular weight is 346 g/mol. The zero-order valence-electron chi connectivity index (χ0n) is 15.6. The maximum absolute atomic E-state index is 12.0. The Hall–Kier alpha value is -1.16. The molecule has 0 bridgehead atoms. The van der Waals surface area contributed by atoms with E-state index in [0.29, 0.717) is 30.5 Å². The summed E-state index contributed by atoms with van der Waals surface area (Å²) >= 11 is 0. The fourth-order valence-corrected chi connectivity index (χ4v) is 6.72. The van der Waals surface area contributed by atoms with E-state index in [1.165, 1.54) is 12.5 Å². The summed E-state index contributed by atoms with van der Waals surface area (Å²) in [6, 6.07) is 0. The standard InChI is InChI=1S/C21H30O4/c1-12(22)25-17-11-13-10-14(23)6-8-20(13,2)16-7-9-21(3)15(19(16)17)4-5-18(21)24/h11,15-19,24H,4-10H2,1-3H3/t15-,16-,17+,18-,19-,20-,21-/m0/s1. The van der Waals surface area contributed by atoms with Crippen LogP contribution in [0, 0.1) is 28.6 Å². The summed E-state index contributed by atoms with van der Waals surface area (Å²) in [7, 11) is 0. The highest BCUT2D eigenvalue weighted by Gasteiger charge is 2.61. The van der Waals surface area contributed by atoms with Gasteiger partial charge in [0.15, 0.2) is 0 Å². The zero-order chi connectivity index (χ0) is 18.0. The van der Waals surface area contributed by atoms with Crippen molar-refractivity contribution in [1.29, 1.82) is 0 Å². The van der Waals surface area contributed by atoms with Gasteiger partial charge in [0.2, 0.25) is 0 Å². The number of ketones is 1. The average Bonchev–Trinajstić information content (AvgIpc) is 2.84. The number of aliphatic hydroxyl groups excluding tert-OH is 1. The van der Waals surface area contributed by atoms with Gasteiger partial charge in [-0.15, -0.1) is 0 Å². The van der Waals surface area contributed by atoms with Crippen LogP contribution < -0.4 is 0 Å². The summed E-state index contributed by atoms with van der Waals surface area (Å²) < 4.78 is 5.77. The van der Waals surface area contributed by atoms with Gasteiger partial charge in [-0.25, -0.2) is 0 Å². The van der Waals surface area contributed by atoms with Crippen molar-refractivity contribution in [3.63, 3.8) is 0 Å². The van der Waals surface area contributed by atoms with E-state index < -0.39 is 0 Å². The molecule has 4 nitrogen and oxygen atoms in total. The maximum Gasteiger partial charge on any atom is 0.303 e. The fraction of sp³-hybridized carbons (Fsp3) is 0.810. The molecule has 0 radical (unpaired) electrons. The van der Waals surface area contributed by atoms with Crippen LogP contribution in [-0.4, -0.2) is 29.1 Å². The Morgan fingerprint density at radius 1 is 1.20 bits per heavy atom. The third kappa shape index (κ3) is 2.43. The number of hydrogen-bond acceptors (Lipinski definition) is 4. The number of carbonyl (C=O) groups excluding carboxylic acids is 2. The summed E-state index contributed by atoms with van der Waals surface area (Å²) in [5.74, 6) is 1.14. The fourth-order valence-electron chi connectivity index (χ4n) is 6.72. The Morgan fingerprint density at radius 3 is 2.68 bits per heavy atom. The lowest BCUT2D eigenvalue weighted by molar-refractivity contribution is -0.159. The molecule has 4 aliphatic rings. The molecule has 4 rings (SSSR count). The number of esters is 1. The highest BCUT2D eigenvalue weighted by Crippen LogP contribution is 2.64. The van der Waals surface area contributed by atoms with Crippen LogP contribution in [0.3, 0.4) is 0 Å². The van der Waals surface area contributed by atoms with Crippen LogP contribution in [-0.2, 0) is 14.3 Å². The van der Waals surface area contributed by atoms with Gasteiger partial charge in [-0.3, -0.25) is 9.59 Å². The molecular weight excluding hydrogens is 316 g/mol. The number of carbonyl (C=O) groups is 2. The first-order chi connectivity index (χ1) is 11.8. The summed E-state index contributed by atoms with van der Waals surface area (Å²) in [5, 5.41) is 10.6. The van der Waals surface area contributed by atoms with Crippen LogP contribution in [0.5, 0.6) is 0 Å². The number of aliphatic hydroxyl groups is 1. The van der Waals surface area contributed by atoms with Crippen LogP contribution in [0.4, 0.5) is 0 Å². The van der Waals surface area contributed by atoms with Gasteiger partial charge >= 0.3 is 5.97 Å². The predicted molar refractivity (Wildman–Crippen MR) is 93.7 cm³/mol. The van der Waals surface area contributed by atoms with Gasteiger partial charge in [-0.05, 0) is 60.8 Å². The molecule has 0 aliphatic heterocycles. The smallest absolute Gasteiger partial charge is 0.303 e. The summed E-state index contributed by atoms with van der Waals surface area (Å²) in [6.45, 7) is 6.02. The first-order valence-electron chi connectivity index (χ1n) is 9.84. The summed E-state index contributed by atoms with van der Waals surface area (Å²) in [6.07, 6.45) is 7.65. The zero-order valence-corrected chi connectivity index (χ0v) is 15.6. The Balaban J connectivity index is 1.78. The Morgan fingerprint density at radius 2 is 1.96 bits per heavy atom. The van der Waals surface area contributed by atoms with E-state index in [1.54, 1.807) is 0 Å². The van der Waals surface area contributed by atoms with Crippen molar-refractivity contribution < 1.29 is 19.4 Å². The quantitative estimate of drug-likeness (QED) is 0.584. The van der Waals surface area contributed by atoms with Gasteiger partial charge in [0.25, 0.3) is 0 Å². The number of allylic oxidation sites excluding steroid dienone is 1. The second-order valence-corrected chi connectivity index (χ2v) is 9.33. The highest BCUT2D eigenvalue weighted by molar-refractivity contribution is 5.82. The summed E-state index contributed by atoms with van der Waals surface area (Å²) in [4.78, 5) is 23.8. The van der Waals surface area contributed by atoms with Crippen molar-refractivity contribution in [3.8, 4) is 0 Å². The number of rotatable bonds is 1. The van der Waals surface area contributed by atoms with Crippen LogP contribution in [0.2, 0.25) is 0 Å². The van der Waals surface area contributed by atoms with Crippen molar-refractivity contribution in [3.05, 3.63) is 11.6 Å². The molecule has 4 aliphatic carbocycles. The molecule has 25 heavy (non-hydrogen) atoms. The third-order valence-electron chi connectivity index (χ3n) is 8.19. The molecule has 0 aromatic heterocycles. The van der Waals surface area contributed by atoms with E-state index in [-0.39, 0.29) is 34.9 Å². The second-order valence-electron chi connectivity index (χ2n) is 9.33. The minimum absolute atomic E-state index is 0.0457. The molecule has 0 aromatic rings. The number of fused-ring (bicyclic) bond motifs is 5. The van der Waals surface area contributed by atoms with Crippen molar-refractivity contribution in [2.24, 2.45) is 28.6 Å². The lowest BCUT2D eigenvalue weighted by Crippen LogP contribution is -2.55. The Kier molecular flexibility index (Phi) is 3.91. The molecule has 138 valence electrons. The van der Waals surface area contributed by atoms with Crippen LogP contribution in [0.25, 0.3) is 0 Å². The topological polar surface area (TPSA) is 63.6 Å². The van der Waals surface area contributed by atoms with Gasteiger partial charge < -0.3 is 9.84 Å². The predicted octanol–water partition coefficient (Wildman–Crippen LogP) is 3.42. The van der Waals surface area contributed by atoms with Crippen molar-refractivity contribution in [2.45, 2.75) is 77.9 Å². The maximum atomic E-state index is 12.0. The largest absolute Gasteiger partial charge is 0.458 e. The normalized spacial score (nSPS) is 48.9. The second kappa shape index (κ2) is 5.67. The monoisotopic (exact) mass is 346 g/mol. The molecule has 0 saturated heterocycles. The van der Waals surface area contributed by atoms with Crippen LogP contribution in [0.15, 0.2) is 11.6 Å². The van der Waals surface area contributed by atoms with E-state index in [4.69, 9.17) is 4.74 Å². The third-order valence-corrected chi connectivity index (χ3v) is 8.19. The van der Waals surface area contributed by atoms with E-state index in [2.05, 4.69) is 19.9 Å². The van der Waals surface area contributed by atoms with Gasteiger partial charge in [0, 0.05) is 25.7 Å². The highest BCUT2D eigenvalue weighted by atomic mass is 16.5. The van der Waals surface area contributed by atoms with Gasteiger partial charge in [-0.1, -0.05) is 19.4 Å². The Bertz CT molecular complexity index is 638. The molecule has 7 atom stereocenters. The molecule has 3 saturated carbocycles. The minimum Gasteiger partial charge on any atom is -0.458 e. The van der Waals surface area contributed by atoms with Crippen LogP contribution >= 0.6 is 0 Å². The first-order valence-corrected chi connectivity index (χ1v) is 9.84. The van der Waals surface area contributed by atoms with Crippen molar-refractivity contribution in [2.75, 3.05) is 0 Å². The molecule has 0 amide bonds. The summed E-state index contributed by atoms with van der Waals surface area (Å²) in [5.41, 5.74) is 1.17. The van der Waals surface area contributed by atoms with Crippen LogP contribution in [0.1, 0.15) is 65.7 Å². The molecule has 0 spiro atoms. The number of hydrogen-bond donors (Lipinski definition) is 1. The van der Waals surface area contributed by atoms with E-state index in [9.17, 15) is 14.7 Å². The van der Waals surface area contributed by atoms with Gasteiger partial charge in [-0.2, -0.15) is 0 Å². The van der Waals surface area contributed by atoms with E-state index >= 15 is 0 Å². The molecular formula is C21H30O4.